The molecule has 0 spiro atoms. The molecule has 4 rings (SSSR count). The molecule has 170 valence electrons. The van der Waals surface area contributed by atoms with E-state index in [0.29, 0.717) is 37.6 Å². The number of likely N-dealkylation sites (tertiary alicyclic amines) is 1. The van der Waals surface area contributed by atoms with Crippen molar-refractivity contribution in [3.05, 3.63) is 57.0 Å². The summed E-state index contributed by atoms with van der Waals surface area (Å²) in [5, 5.41) is 3.65. The molecule has 1 aromatic heterocycles. The number of piperidine rings is 1. The fourth-order valence-electron chi connectivity index (χ4n) is 4.67. The molecule has 0 atom stereocenters. The minimum atomic E-state index is -0.307. The van der Waals surface area contributed by atoms with Gasteiger partial charge in [0.15, 0.2) is 0 Å². The number of benzene rings is 1. The molecule has 0 radical (unpaired) electrons. The molecule has 1 fully saturated rings. The monoisotopic (exact) mass is 457 g/mol. The van der Waals surface area contributed by atoms with Crippen molar-refractivity contribution in [2.24, 2.45) is 0 Å². The lowest BCUT2D eigenvalue weighted by Crippen LogP contribution is -2.47. The van der Waals surface area contributed by atoms with Crippen LogP contribution in [0.15, 0.2) is 35.1 Å². The molecule has 1 saturated heterocycles. The number of nitrogens with zero attached hydrogens (tertiary/aromatic N) is 2. The zero-order chi connectivity index (χ0) is 22.7. The fourth-order valence-corrected chi connectivity index (χ4v) is 4.91. The number of aromatic nitrogens is 1. The number of carbonyl (C=O) groups excluding carboxylic acids is 2. The lowest BCUT2D eigenvalue weighted by atomic mass is 9.99. The molecule has 1 N–H and O–H groups in total. The summed E-state index contributed by atoms with van der Waals surface area (Å²) in [6.07, 6.45) is 3.62. The quantitative estimate of drug-likeness (QED) is 0.746. The Bertz CT molecular complexity index is 1070. The minimum absolute atomic E-state index is 0.00204. The highest BCUT2D eigenvalue weighted by atomic mass is 35.5. The van der Waals surface area contributed by atoms with Crippen LogP contribution in [0.4, 0.5) is 4.79 Å². The van der Waals surface area contributed by atoms with Crippen molar-refractivity contribution in [2.45, 2.75) is 51.6 Å². The van der Waals surface area contributed by atoms with E-state index in [2.05, 4.69) is 5.32 Å². The minimum Gasteiger partial charge on any atom is -0.450 e. The normalized spacial score (nSPS) is 16.0. The van der Waals surface area contributed by atoms with E-state index in [1.165, 1.54) is 0 Å². The van der Waals surface area contributed by atoms with Crippen molar-refractivity contribution in [1.82, 2.24) is 14.8 Å². The molecule has 1 aliphatic carbocycles. The first-order chi connectivity index (χ1) is 15.5. The standard InChI is InChI=1S/C24H28ClN3O4/c1-2-32-24(31)27-12-10-16(11-13-27)26-22(29)15-28-21-9-5-7-18(21)19(14-23(28)30)17-6-3-4-8-20(17)25/h3-4,6,8,14,16H,2,5,7,9-13,15H2,1H3,(H,26,29). The van der Waals surface area contributed by atoms with Gasteiger partial charge >= 0.3 is 6.09 Å². The highest BCUT2D eigenvalue weighted by Crippen LogP contribution is 2.34. The first-order valence-electron chi connectivity index (χ1n) is 11.2. The highest BCUT2D eigenvalue weighted by molar-refractivity contribution is 6.33. The van der Waals surface area contributed by atoms with Crippen LogP contribution in [0.3, 0.4) is 0 Å². The van der Waals surface area contributed by atoms with Crippen LogP contribution in [0.2, 0.25) is 5.02 Å². The third-order valence-electron chi connectivity index (χ3n) is 6.23. The summed E-state index contributed by atoms with van der Waals surface area (Å²) in [5.41, 5.74) is 3.58. The smallest absolute Gasteiger partial charge is 0.409 e. The van der Waals surface area contributed by atoms with Gasteiger partial charge in [-0.05, 0) is 56.2 Å². The zero-order valence-corrected chi connectivity index (χ0v) is 19.0. The number of fused-ring (bicyclic) bond motifs is 1. The largest absolute Gasteiger partial charge is 0.450 e. The Balaban J connectivity index is 1.46. The summed E-state index contributed by atoms with van der Waals surface area (Å²) in [6.45, 7) is 3.23. The number of ether oxygens (including phenoxy) is 1. The lowest BCUT2D eigenvalue weighted by Gasteiger charge is -2.31. The molecule has 32 heavy (non-hydrogen) atoms. The Morgan fingerprint density at radius 2 is 1.91 bits per heavy atom. The van der Waals surface area contributed by atoms with E-state index in [0.717, 1.165) is 41.6 Å². The second-order valence-corrected chi connectivity index (χ2v) is 8.68. The van der Waals surface area contributed by atoms with E-state index >= 15 is 0 Å². The Kier molecular flexibility index (Phi) is 6.84. The molecule has 1 aliphatic heterocycles. The molecule has 2 heterocycles. The highest BCUT2D eigenvalue weighted by Gasteiger charge is 2.26. The van der Waals surface area contributed by atoms with Crippen molar-refractivity contribution in [3.63, 3.8) is 0 Å². The average Bonchev–Trinajstić information content (AvgIpc) is 3.27. The molecule has 0 unspecified atom stereocenters. The van der Waals surface area contributed by atoms with E-state index in [4.69, 9.17) is 16.3 Å². The number of hydrogen-bond donors (Lipinski definition) is 1. The second-order valence-electron chi connectivity index (χ2n) is 8.27. The van der Waals surface area contributed by atoms with Crippen molar-refractivity contribution in [1.29, 1.82) is 0 Å². The lowest BCUT2D eigenvalue weighted by molar-refractivity contribution is -0.122. The van der Waals surface area contributed by atoms with Crippen LogP contribution in [0.5, 0.6) is 0 Å². The van der Waals surface area contributed by atoms with Crippen LogP contribution in [-0.2, 0) is 28.9 Å². The summed E-state index contributed by atoms with van der Waals surface area (Å²) in [7, 11) is 0. The van der Waals surface area contributed by atoms with Gasteiger partial charge in [0.2, 0.25) is 5.91 Å². The first kappa shape index (κ1) is 22.4. The number of amides is 2. The maximum Gasteiger partial charge on any atom is 0.409 e. The predicted molar refractivity (Wildman–Crippen MR) is 123 cm³/mol. The van der Waals surface area contributed by atoms with Crippen molar-refractivity contribution >= 4 is 23.6 Å². The second kappa shape index (κ2) is 9.77. The van der Waals surface area contributed by atoms with Crippen LogP contribution in [0, 0.1) is 0 Å². The Hall–Kier alpha value is -2.80. The molecule has 0 saturated carbocycles. The molecule has 8 heteroatoms. The van der Waals surface area contributed by atoms with Gasteiger partial charge in [0.25, 0.3) is 5.56 Å². The van der Waals surface area contributed by atoms with Gasteiger partial charge < -0.3 is 19.5 Å². The molecular formula is C24H28ClN3O4. The average molecular weight is 458 g/mol. The van der Waals surface area contributed by atoms with E-state index in [1.807, 2.05) is 24.3 Å². The SMILES string of the molecule is CCOC(=O)N1CCC(NC(=O)Cn2c3c(c(-c4ccccc4Cl)cc2=O)CCC3)CC1. The Labute approximate surface area is 192 Å². The van der Waals surface area contributed by atoms with Gasteiger partial charge in [0.1, 0.15) is 6.54 Å². The van der Waals surface area contributed by atoms with E-state index in [-0.39, 0.29) is 30.1 Å². The number of halogens is 1. The van der Waals surface area contributed by atoms with Crippen LogP contribution < -0.4 is 10.9 Å². The molecule has 1 aromatic carbocycles. The van der Waals surface area contributed by atoms with Gasteiger partial charge in [-0.2, -0.15) is 0 Å². The topological polar surface area (TPSA) is 80.6 Å². The molecule has 7 nitrogen and oxygen atoms in total. The first-order valence-corrected chi connectivity index (χ1v) is 11.6. The van der Waals surface area contributed by atoms with Crippen LogP contribution in [0.25, 0.3) is 11.1 Å². The summed E-state index contributed by atoms with van der Waals surface area (Å²) in [5.74, 6) is -0.179. The number of nitrogens with one attached hydrogen (secondary N) is 1. The Morgan fingerprint density at radius 1 is 1.16 bits per heavy atom. The maximum atomic E-state index is 13.0. The van der Waals surface area contributed by atoms with E-state index < -0.39 is 0 Å². The van der Waals surface area contributed by atoms with Crippen molar-refractivity contribution in [3.8, 4) is 11.1 Å². The Morgan fingerprint density at radius 3 is 2.62 bits per heavy atom. The molecule has 2 aliphatic rings. The van der Waals surface area contributed by atoms with Crippen LogP contribution in [-0.4, -0.2) is 47.2 Å². The van der Waals surface area contributed by atoms with Gasteiger partial charge in [-0.1, -0.05) is 29.8 Å². The summed E-state index contributed by atoms with van der Waals surface area (Å²) in [4.78, 5) is 39.2. The summed E-state index contributed by atoms with van der Waals surface area (Å²) < 4.78 is 6.64. The number of rotatable bonds is 5. The maximum absolute atomic E-state index is 13.0. The zero-order valence-electron chi connectivity index (χ0n) is 18.2. The molecule has 2 aromatic rings. The summed E-state index contributed by atoms with van der Waals surface area (Å²) >= 11 is 6.39. The molecule has 0 bridgehead atoms. The molecular weight excluding hydrogens is 430 g/mol. The van der Waals surface area contributed by atoms with Crippen molar-refractivity contribution in [2.75, 3.05) is 19.7 Å². The third kappa shape index (κ3) is 4.67. The van der Waals surface area contributed by atoms with E-state index in [9.17, 15) is 14.4 Å². The summed E-state index contributed by atoms with van der Waals surface area (Å²) in [6, 6.07) is 9.12. The van der Waals surface area contributed by atoms with Gasteiger partial charge in [-0.25, -0.2) is 4.79 Å². The predicted octanol–water partition coefficient (Wildman–Crippen LogP) is 3.39. The van der Waals surface area contributed by atoms with Gasteiger partial charge in [0.05, 0.1) is 6.61 Å². The number of carbonyl (C=O) groups is 2. The van der Waals surface area contributed by atoms with Gasteiger partial charge in [0, 0.05) is 41.5 Å². The van der Waals surface area contributed by atoms with Crippen molar-refractivity contribution < 1.29 is 14.3 Å². The van der Waals surface area contributed by atoms with E-state index in [1.54, 1.807) is 22.5 Å². The van der Waals surface area contributed by atoms with Crippen LogP contribution >= 0.6 is 11.6 Å². The number of hydrogen-bond acceptors (Lipinski definition) is 4. The van der Waals surface area contributed by atoms with Crippen LogP contribution in [0.1, 0.15) is 37.4 Å². The van der Waals surface area contributed by atoms with Gasteiger partial charge in [-0.3, -0.25) is 9.59 Å². The fraction of sp³-hybridized carbons (Fsp3) is 0.458. The third-order valence-corrected chi connectivity index (χ3v) is 6.55. The molecule has 2 amide bonds. The number of pyridine rings is 1. The van der Waals surface area contributed by atoms with Gasteiger partial charge in [-0.15, -0.1) is 0 Å².